The molecule has 3 heterocycles. The molecule has 0 radical (unpaired) electrons. The lowest BCUT2D eigenvalue weighted by Crippen LogP contribution is -2.39. The molecule has 2 atom stereocenters. The molecule has 0 bridgehead atoms. The Labute approximate surface area is 165 Å². The van der Waals surface area contributed by atoms with Crippen LogP contribution in [0.5, 0.6) is 0 Å². The van der Waals surface area contributed by atoms with E-state index in [1.54, 1.807) is 11.8 Å². The highest BCUT2D eigenvalue weighted by Crippen LogP contribution is 2.19. The molecule has 1 N–H and O–H groups in total. The van der Waals surface area contributed by atoms with Crippen molar-refractivity contribution in [2.45, 2.75) is 46.5 Å². The van der Waals surface area contributed by atoms with Crippen molar-refractivity contribution in [1.29, 1.82) is 0 Å². The number of likely N-dealkylation sites (tertiary alicyclic amines) is 2. The van der Waals surface area contributed by atoms with Crippen molar-refractivity contribution < 1.29 is 24.0 Å². The van der Waals surface area contributed by atoms with Crippen molar-refractivity contribution in [3.8, 4) is 0 Å². The number of imide groups is 2. The van der Waals surface area contributed by atoms with Crippen molar-refractivity contribution in [2.24, 2.45) is 11.8 Å². The number of nitrogens with one attached hydrogen (secondary N) is 1. The first kappa shape index (κ1) is 21.8. The summed E-state index contributed by atoms with van der Waals surface area (Å²) < 4.78 is 0. The molecule has 0 aromatic heterocycles. The molecule has 0 aromatic carbocycles. The largest absolute Gasteiger partial charge is 0.336 e. The van der Waals surface area contributed by atoms with Gasteiger partial charge in [-0.05, 0) is 6.42 Å². The summed E-state index contributed by atoms with van der Waals surface area (Å²) in [5.41, 5.74) is 0. The van der Waals surface area contributed by atoms with Crippen LogP contribution in [0.15, 0.2) is 0 Å². The summed E-state index contributed by atoms with van der Waals surface area (Å²) in [6.45, 7) is 8.25. The lowest BCUT2D eigenvalue weighted by molar-refractivity contribution is -0.140. The Bertz CT molecular complexity index is 650. The van der Waals surface area contributed by atoms with E-state index in [0.717, 1.165) is 12.8 Å². The van der Waals surface area contributed by atoms with Crippen molar-refractivity contribution in [3.05, 3.63) is 0 Å². The van der Waals surface area contributed by atoms with E-state index >= 15 is 0 Å². The fraction of sp³-hybridized carbons (Fsp3) is 0.737. The van der Waals surface area contributed by atoms with Gasteiger partial charge in [0.15, 0.2) is 0 Å². The van der Waals surface area contributed by atoms with Crippen molar-refractivity contribution in [2.75, 3.05) is 32.7 Å². The summed E-state index contributed by atoms with van der Waals surface area (Å²) >= 11 is 0. The van der Waals surface area contributed by atoms with Crippen LogP contribution < -0.4 is 5.32 Å². The molecule has 0 aliphatic carbocycles. The molecule has 9 heteroatoms. The summed E-state index contributed by atoms with van der Waals surface area (Å²) in [4.78, 5) is 61.1. The molecule has 0 spiro atoms. The topological polar surface area (TPSA) is 107 Å². The van der Waals surface area contributed by atoms with Gasteiger partial charge < -0.3 is 10.2 Å². The Morgan fingerprint density at radius 2 is 1.39 bits per heavy atom. The predicted molar refractivity (Wildman–Crippen MR) is 101 cm³/mol. The van der Waals surface area contributed by atoms with Crippen LogP contribution in [-0.2, 0) is 19.2 Å². The van der Waals surface area contributed by atoms with E-state index in [0.29, 0.717) is 45.6 Å². The van der Waals surface area contributed by atoms with Crippen LogP contribution in [0.3, 0.4) is 0 Å². The number of rotatable bonds is 6. The first-order valence-corrected chi connectivity index (χ1v) is 9.97. The molecule has 3 aliphatic heterocycles. The minimum atomic E-state index is -0.208. The lowest BCUT2D eigenvalue weighted by Gasteiger charge is -2.19. The third-order valence-corrected chi connectivity index (χ3v) is 5.21. The van der Waals surface area contributed by atoms with Gasteiger partial charge in [-0.2, -0.15) is 0 Å². The number of nitrogens with zero attached hydrogens (tertiary/aromatic N) is 3. The first-order chi connectivity index (χ1) is 13.3. The zero-order chi connectivity index (χ0) is 20.8. The quantitative estimate of drug-likeness (QED) is 0.664. The van der Waals surface area contributed by atoms with E-state index in [4.69, 9.17) is 0 Å². The predicted octanol–water partition coefficient (Wildman–Crippen LogP) is 0.588. The van der Waals surface area contributed by atoms with Crippen LogP contribution in [0.2, 0.25) is 0 Å². The summed E-state index contributed by atoms with van der Waals surface area (Å²) in [7, 11) is 0. The second kappa shape index (κ2) is 9.66. The summed E-state index contributed by atoms with van der Waals surface area (Å²) in [6, 6.07) is -0.118. The molecule has 3 fully saturated rings. The Morgan fingerprint density at radius 3 is 1.79 bits per heavy atom. The zero-order valence-electron chi connectivity index (χ0n) is 16.9. The zero-order valence-corrected chi connectivity index (χ0v) is 16.9. The molecular weight excluding hydrogens is 364 g/mol. The maximum absolute atomic E-state index is 11.6. The second-order valence-electron chi connectivity index (χ2n) is 7.55. The molecule has 156 valence electrons. The van der Waals surface area contributed by atoms with Gasteiger partial charge in [-0.1, -0.05) is 27.2 Å². The van der Waals surface area contributed by atoms with Crippen LogP contribution in [0, 0.1) is 11.8 Å². The highest BCUT2D eigenvalue weighted by Gasteiger charge is 2.36. The van der Waals surface area contributed by atoms with Crippen molar-refractivity contribution >= 4 is 29.7 Å². The Morgan fingerprint density at radius 1 is 0.857 bits per heavy atom. The minimum absolute atomic E-state index is 0.000880. The van der Waals surface area contributed by atoms with Crippen LogP contribution in [0.25, 0.3) is 0 Å². The van der Waals surface area contributed by atoms with E-state index < -0.39 is 0 Å². The van der Waals surface area contributed by atoms with Gasteiger partial charge in [0.05, 0.1) is 0 Å². The number of hydrogen-bond donors (Lipinski definition) is 1. The maximum Gasteiger partial charge on any atom is 0.317 e. The lowest BCUT2D eigenvalue weighted by atomic mass is 10.1. The average Bonchev–Trinajstić information content (AvgIpc) is 3.24. The van der Waals surface area contributed by atoms with Crippen LogP contribution in [-0.4, -0.2) is 77.1 Å². The maximum atomic E-state index is 11.6. The summed E-state index contributed by atoms with van der Waals surface area (Å²) in [6.07, 6.45) is 2.64. The van der Waals surface area contributed by atoms with Gasteiger partial charge in [0.1, 0.15) is 0 Å². The molecular formula is C19H30N4O5. The molecule has 2 unspecified atom stereocenters. The van der Waals surface area contributed by atoms with E-state index in [1.165, 1.54) is 9.80 Å². The van der Waals surface area contributed by atoms with Gasteiger partial charge in [0, 0.05) is 57.4 Å². The molecule has 0 aromatic rings. The molecule has 0 saturated carbocycles. The fourth-order valence-corrected chi connectivity index (χ4v) is 3.43. The van der Waals surface area contributed by atoms with E-state index in [2.05, 4.69) is 12.2 Å². The number of urea groups is 1. The number of carbonyl (C=O) groups excluding carboxylic acids is 5. The standard InChI is InChI=1S/C10H15N3O3.C9H15NO2/c1-7-6-8(14)13(9(7)15)5-4-12-3-2-11-10(12)16;1-3-4-5-10-8(11)6-7(2)9(10)12/h7H,2-6H2,1H3,(H,11,16);7H,3-6H2,1-2H3. The monoisotopic (exact) mass is 394 g/mol. The molecule has 9 nitrogen and oxygen atoms in total. The third-order valence-electron chi connectivity index (χ3n) is 5.21. The van der Waals surface area contributed by atoms with Crippen LogP contribution in [0.4, 0.5) is 4.79 Å². The Balaban J connectivity index is 0.000000209. The summed E-state index contributed by atoms with van der Waals surface area (Å²) in [5, 5.41) is 2.67. The van der Waals surface area contributed by atoms with Crippen LogP contribution in [0.1, 0.15) is 46.5 Å². The van der Waals surface area contributed by atoms with E-state index in [-0.39, 0.29) is 41.5 Å². The Hall–Kier alpha value is -2.45. The molecule has 3 aliphatic rings. The van der Waals surface area contributed by atoms with Gasteiger partial charge in [-0.15, -0.1) is 0 Å². The van der Waals surface area contributed by atoms with E-state index in [1.807, 2.05) is 6.92 Å². The Kier molecular flexibility index (Phi) is 7.53. The van der Waals surface area contributed by atoms with Gasteiger partial charge in [0.25, 0.3) is 0 Å². The van der Waals surface area contributed by atoms with E-state index in [9.17, 15) is 24.0 Å². The molecule has 3 saturated heterocycles. The number of amides is 6. The summed E-state index contributed by atoms with van der Waals surface area (Å²) in [5.74, 6) is -0.537. The second-order valence-corrected chi connectivity index (χ2v) is 7.55. The highest BCUT2D eigenvalue weighted by molar-refractivity contribution is 6.03. The smallest absolute Gasteiger partial charge is 0.317 e. The average molecular weight is 394 g/mol. The van der Waals surface area contributed by atoms with Gasteiger partial charge in [-0.25, -0.2) is 4.79 Å². The third kappa shape index (κ3) is 5.08. The number of carbonyl (C=O) groups is 5. The molecule has 28 heavy (non-hydrogen) atoms. The van der Waals surface area contributed by atoms with Gasteiger partial charge in [0.2, 0.25) is 23.6 Å². The SMILES string of the molecule is CC1CC(=O)N(CCN2CCNC2=O)C1=O.CCCCN1C(=O)CC(C)C1=O. The van der Waals surface area contributed by atoms with Crippen molar-refractivity contribution in [1.82, 2.24) is 20.0 Å². The molecule has 3 rings (SSSR count). The van der Waals surface area contributed by atoms with Gasteiger partial charge in [-0.3, -0.25) is 29.0 Å². The van der Waals surface area contributed by atoms with Crippen LogP contribution >= 0.6 is 0 Å². The first-order valence-electron chi connectivity index (χ1n) is 9.97. The highest BCUT2D eigenvalue weighted by atomic mass is 16.2. The number of unbranched alkanes of at least 4 members (excludes halogenated alkanes) is 1. The molecule has 6 amide bonds. The normalized spacial score (nSPS) is 24.8. The van der Waals surface area contributed by atoms with Gasteiger partial charge >= 0.3 is 6.03 Å². The van der Waals surface area contributed by atoms with Crippen molar-refractivity contribution in [3.63, 3.8) is 0 Å². The number of hydrogen-bond acceptors (Lipinski definition) is 5. The fourth-order valence-electron chi connectivity index (χ4n) is 3.43. The minimum Gasteiger partial charge on any atom is -0.336 e.